The molecule has 1 N–H and O–H groups in total. The van der Waals surface area contributed by atoms with Crippen molar-refractivity contribution in [1.82, 2.24) is 0 Å². The predicted octanol–water partition coefficient (Wildman–Crippen LogP) is 1.89. The SMILES string of the molecule is COC(=O)c1cccc(NS(=O)(=O)c2ccc(N3C(=O)[C@@H](C)CS3(=O)=O)cc2C)c1. The zero-order valence-corrected chi connectivity index (χ0v) is 18.1. The molecule has 0 aliphatic carbocycles. The molecule has 30 heavy (non-hydrogen) atoms. The van der Waals surface area contributed by atoms with Crippen LogP contribution >= 0.6 is 0 Å². The summed E-state index contributed by atoms with van der Waals surface area (Å²) < 4.78 is 57.9. The van der Waals surface area contributed by atoms with Crippen LogP contribution in [0.15, 0.2) is 47.4 Å². The second kappa shape index (κ2) is 7.73. The van der Waals surface area contributed by atoms with Gasteiger partial charge in [-0.1, -0.05) is 13.0 Å². The van der Waals surface area contributed by atoms with Crippen molar-refractivity contribution in [3.05, 3.63) is 53.6 Å². The number of amides is 1. The largest absolute Gasteiger partial charge is 0.465 e. The number of hydrogen-bond acceptors (Lipinski definition) is 7. The van der Waals surface area contributed by atoms with E-state index in [2.05, 4.69) is 9.46 Å². The number of nitrogens with zero attached hydrogens (tertiary/aromatic N) is 1. The molecule has 1 atom stereocenters. The molecular weight excluding hydrogens is 432 g/mol. The highest BCUT2D eigenvalue weighted by Gasteiger charge is 2.42. The van der Waals surface area contributed by atoms with Crippen molar-refractivity contribution >= 4 is 43.3 Å². The molecule has 0 saturated carbocycles. The minimum absolute atomic E-state index is 0.0909. The van der Waals surface area contributed by atoms with Crippen LogP contribution in [-0.2, 0) is 29.6 Å². The van der Waals surface area contributed by atoms with Gasteiger partial charge in [0.15, 0.2) is 0 Å². The summed E-state index contributed by atoms with van der Waals surface area (Å²) in [4.78, 5) is 23.8. The third-order valence-corrected chi connectivity index (χ3v) is 7.99. The van der Waals surface area contributed by atoms with Gasteiger partial charge >= 0.3 is 5.97 Å². The summed E-state index contributed by atoms with van der Waals surface area (Å²) in [6.45, 7) is 3.03. The Balaban J connectivity index is 1.93. The van der Waals surface area contributed by atoms with Gasteiger partial charge in [0, 0.05) is 5.69 Å². The van der Waals surface area contributed by atoms with Crippen molar-refractivity contribution in [2.75, 3.05) is 21.9 Å². The lowest BCUT2D eigenvalue weighted by Gasteiger charge is -2.17. The van der Waals surface area contributed by atoms with E-state index in [1.165, 1.54) is 63.4 Å². The van der Waals surface area contributed by atoms with E-state index in [1.807, 2.05) is 0 Å². The van der Waals surface area contributed by atoms with Crippen LogP contribution in [0.5, 0.6) is 0 Å². The molecule has 3 rings (SSSR count). The van der Waals surface area contributed by atoms with Crippen molar-refractivity contribution in [3.63, 3.8) is 0 Å². The highest BCUT2D eigenvalue weighted by molar-refractivity contribution is 7.94. The normalized spacial score (nSPS) is 18.3. The van der Waals surface area contributed by atoms with E-state index in [0.29, 0.717) is 4.31 Å². The molecule has 0 unspecified atom stereocenters. The number of sulfonamides is 2. The molecule has 1 amide bonds. The van der Waals surface area contributed by atoms with E-state index in [1.54, 1.807) is 0 Å². The standard InChI is InChI=1S/C19H20N2O7S2/c1-12-9-16(21-18(22)13(2)11-29(21,24)25)7-8-17(12)30(26,27)20-15-6-4-5-14(10-15)19(23)28-3/h4-10,13,20H,11H2,1-3H3/t13-/m0/s1. The molecule has 1 aliphatic rings. The number of anilines is 2. The predicted molar refractivity (Wildman–Crippen MR) is 110 cm³/mol. The van der Waals surface area contributed by atoms with E-state index >= 15 is 0 Å². The fourth-order valence-corrected chi connectivity index (χ4v) is 6.28. The first-order chi connectivity index (χ1) is 14.0. The molecule has 1 aliphatic heterocycles. The van der Waals surface area contributed by atoms with Crippen molar-refractivity contribution in [3.8, 4) is 0 Å². The second-order valence-electron chi connectivity index (χ2n) is 6.91. The average Bonchev–Trinajstić information content (AvgIpc) is 2.87. The molecule has 2 aromatic rings. The lowest BCUT2D eigenvalue weighted by Crippen LogP contribution is -2.30. The maximum Gasteiger partial charge on any atom is 0.337 e. The van der Waals surface area contributed by atoms with Crippen LogP contribution in [0.25, 0.3) is 0 Å². The minimum atomic E-state index is -4.04. The number of carbonyl (C=O) groups is 2. The maximum absolute atomic E-state index is 12.8. The van der Waals surface area contributed by atoms with E-state index < -0.39 is 37.8 Å². The number of aryl methyl sites for hydroxylation is 1. The number of rotatable bonds is 5. The maximum atomic E-state index is 12.8. The van der Waals surface area contributed by atoms with Crippen molar-refractivity contribution in [2.24, 2.45) is 5.92 Å². The molecule has 0 bridgehead atoms. The fraction of sp³-hybridized carbons (Fsp3) is 0.263. The molecule has 11 heteroatoms. The Bertz CT molecular complexity index is 1240. The number of ether oxygens (including phenoxy) is 1. The van der Waals surface area contributed by atoms with Gasteiger partial charge in [0.25, 0.3) is 10.0 Å². The zero-order chi connectivity index (χ0) is 22.3. The topological polar surface area (TPSA) is 127 Å². The fourth-order valence-electron chi connectivity index (χ4n) is 3.19. The lowest BCUT2D eigenvalue weighted by molar-refractivity contribution is -0.119. The Kier molecular flexibility index (Phi) is 5.61. The van der Waals surface area contributed by atoms with E-state index in [4.69, 9.17) is 0 Å². The molecule has 2 aromatic carbocycles. The Morgan fingerprint density at radius 1 is 1.20 bits per heavy atom. The van der Waals surface area contributed by atoms with Crippen LogP contribution < -0.4 is 9.03 Å². The molecule has 160 valence electrons. The van der Waals surface area contributed by atoms with Crippen LogP contribution in [0.1, 0.15) is 22.8 Å². The van der Waals surface area contributed by atoms with Gasteiger partial charge in [-0.25, -0.2) is 25.9 Å². The quantitative estimate of drug-likeness (QED) is 0.686. The highest BCUT2D eigenvalue weighted by Crippen LogP contribution is 2.31. The van der Waals surface area contributed by atoms with Crippen molar-refractivity contribution in [1.29, 1.82) is 0 Å². The first kappa shape index (κ1) is 21.8. The van der Waals surface area contributed by atoms with E-state index in [0.717, 1.165) is 0 Å². The van der Waals surface area contributed by atoms with Crippen LogP contribution in [0.3, 0.4) is 0 Å². The van der Waals surface area contributed by atoms with Crippen LogP contribution in [-0.4, -0.2) is 41.6 Å². The van der Waals surface area contributed by atoms with Gasteiger partial charge < -0.3 is 4.74 Å². The highest BCUT2D eigenvalue weighted by atomic mass is 32.2. The smallest absolute Gasteiger partial charge is 0.337 e. The molecule has 0 radical (unpaired) electrons. The third kappa shape index (κ3) is 4.03. The first-order valence-electron chi connectivity index (χ1n) is 8.85. The number of methoxy groups -OCH3 is 1. The van der Waals surface area contributed by atoms with Gasteiger partial charge in [0.05, 0.1) is 34.9 Å². The van der Waals surface area contributed by atoms with Crippen LogP contribution in [0.4, 0.5) is 11.4 Å². The number of carbonyl (C=O) groups excluding carboxylic acids is 2. The first-order valence-corrected chi connectivity index (χ1v) is 11.9. The molecule has 0 aromatic heterocycles. The third-order valence-electron chi connectivity index (χ3n) is 4.58. The number of esters is 1. The monoisotopic (exact) mass is 452 g/mol. The molecule has 0 spiro atoms. The Morgan fingerprint density at radius 3 is 2.47 bits per heavy atom. The van der Waals surface area contributed by atoms with Gasteiger partial charge in [0.1, 0.15) is 0 Å². The Hall–Kier alpha value is -2.92. The molecular formula is C19H20N2O7S2. The summed E-state index contributed by atoms with van der Waals surface area (Å²) in [6.07, 6.45) is 0. The summed E-state index contributed by atoms with van der Waals surface area (Å²) in [5, 5.41) is 0. The molecule has 1 heterocycles. The van der Waals surface area contributed by atoms with E-state index in [-0.39, 0.29) is 33.2 Å². The van der Waals surface area contributed by atoms with Gasteiger partial charge in [-0.3, -0.25) is 9.52 Å². The van der Waals surface area contributed by atoms with Crippen LogP contribution in [0, 0.1) is 12.8 Å². The van der Waals surface area contributed by atoms with Crippen molar-refractivity contribution in [2.45, 2.75) is 18.7 Å². The molecule has 1 fully saturated rings. The van der Waals surface area contributed by atoms with Gasteiger partial charge in [-0.15, -0.1) is 0 Å². The van der Waals surface area contributed by atoms with E-state index in [9.17, 15) is 26.4 Å². The molecule has 1 saturated heterocycles. The average molecular weight is 453 g/mol. The minimum Gasteiger partial charge on any atom is -0.465 e. The van der Waals surface area contributed by atoms with Gasteiger partial charge in [-0.2, -0.15) is 0 Å². The number of benzene rings is 2. The molecule has 9 nitrogen and oxygen atoms in total. The summed E-state index contributed by atoms with van der Waals surface area (Å²) >= 11 is 0. The lowest BCUT2D eigenvalue weighted by atomic mass is 10.2. The summed E-state index contributed by atoms with van der Waals surface area (Å²) in [7, 11) is -6.62. The number of hydrogen-bond donors (Lipinski definition) is 1. The van der Waals surface area contributed by atoms with Crippen LogP contribution in [0.2, 0.25) is 0 Å². The zero-order valence-electron chi connectivity index (χ0n) is 16.4. The number of nitrogens with one attached hydrogen (secondary N) is 1. The summed E-state index contributed by atoms with van der Waals surface area (Å²) in [5.74, 6) is -2.12. The van der Waals surface area contributed by atoms with Crippen molar-refractivity contribution < 1.29 is 31.2 Å². The Morgan fingerprint density at radius 2 is 1.90 bits per heavy atom. The van der Waals surface area contributed by atoms with Gasteiger partial charge in [0.2, 0.25) is 15.9 Å². The Labute approximate surface area is 174 Å². The summed E-state index contributed by atoms with van der Waals surface area (Å²) in [6, 6.07) is 9.66. The second-order valence-corrected chi connectivity index (χ2v) is 10.4. The van der Waals surface area contributed by atoms with Gasteiger partial charge in [-0.05, 0) is 48.9 Å². The summed E-state index contributed by atoms with van der Waals surface area (Å²) in [5.41, 5.74) is 0.685.